The molecule has 168 valence electrons. The molecule has 2 atom stereocenters. The molecule has 8 heteroatoms. The summed E-state index contributed by atoms with van der Waals surface area (Å²) in [6, 6.07) is 17.5. The van der Waals surface area contributed by atoms with E-state index in [9.17, 15) is 9.90 Å². The summed E-state index contributed by atoms with van der Waals surface area (Å²) in [5.74, 6) is -0.244. The maximum Gasteiger partial charge on any atom is 0.271 e. The number of hydrogen-bond acceptors (Lipinski definition) is 7. The molecule has 0 bridgehead atoms. The topological polar surface area (TPSA) is 127 Å². The molecule has 0 aliphatic rings. The molecule has 6 N–H and O–H groups in total. The van der Waals surface area contributed by atoms with E-state index >= 15 is 0 Å². The third-order valence-electron chi connectivity index (χ3n) is 5.42. The molecule has 1 amide bonds. The van der Waals surface area contributed by atoms with Gasteiger partial charge in [0.15, 0.2) is 0 Å². The Morgan fingerprint density at radius 3 is 2.64 bits per heavy atom. The van der Waals surface area contributed by atoms with Crippen LogP contribution in [0.5, 0.6) is 5.75 Å². The normalized spacial score (nSPS) is 12.8. The van der Waals surface area contributed by atoms with Crippen molar-refractivity contribution in [1.82, 2.24) is 15.3 Å². The second kappa shape index (κ2) is 10.4. The number of nitrogens with two attached hydrogens (primary N) is 2. The Morgan fingerprint density at radius 2 is 1.88 bits per heavy atom. The average Bonchev–Trinajstić information content (AvgIpc) is 3.35. The number of amides is 1. The Hall–Kier alpha value is -3.59. The van der Waals surface area contributed by atoms with Gasteiger partial charge in [-0.3, -0.25) is 9.78 Å². The third kappa shape index (κ3) is 5.25. The summed E-state index contributed by atoms with van der Waals surface area (Å²) < 4.78 is 0. The fraction of sp³-hybridized carbons (Fsp3) is 0.160. The summed E-state index contributed by atoms with van der Waals surface area (Å²) in [4.78, 5) is 21.8. The van der Waals surface area contributed by atoms with Crippen molar-refractivity contribution in [1.29, 1.82) is 0 Å². The highest BCUT2D eigenvalue weighted by Gasteiger charge is 2.23. The van der Waals surface area contributed by atoms with Crippen LogP contribution in [0.2, 0.25) is 0 Å². The van der Waals surface area contributed by atoms with E-state index in [-0.39, 0.29) is 17.7 Å². The van der Waals surface area contributed by atoms with E-state index in [2.05, 4.69) is 15.3 Å². The van der Waals surface area contributed by atoms with Crippen molar-refractivity contribution >= 4 is 17.2 Å². The van der Waals surface area contributed by atoms with Crippen LogP contribution in [-0.4, -0.2) is 21.0 Å². The van der Waals surface area contributed by atoms with Gasteiger partial charge in [-0.1, -0.05) is 48.5 Å². The van der Waals surface area contributed by atoms with E-state index in [1.165, 1.54) is 11.3 Å². The number of aromatic hydroxyl groups is 1. The molecule has 33 heavy (non-hydrogen) atoms. The number of carbonyl (C=O) groups is 1. The highest BCUT2D eigenvalue weighted by atomic mass is 32.1. The summed E-state index contributed by atoms with van der Waals surface area (Å²) in [5.41, 5.74) is 15.9. The summed E-state index contributed by atoms with van der Waals surface area (Å²) in [7, 11) is 0. The van der Waals surface area contributed by atoms with Crippen molar-refractivity contribution in [2.45, 2.75) is 25.0 Å². The van der Waals surface area contributed by atoms with Crippen LogP contribution in [0, 0.1) is 0 Å². The maximum atomic E-state index is 13.1. The lowest BCUT2D eigenvalue weighted by Crippen LogP contribution is -2.31. The predicted octanol–water partition coefficient (Wildman–Crippen LogP) is 3.93. The maximum absolute atomic E-state index is 13.1. The Labute approximate surface area is 196 Å². The van der Waals surface area contributed by atoms with Crippen LogP contribution in [0.15, 0.2) is 78.4 Å². The fourth-order valence-electron chi connectivity index (χ4n) is 3.67. The quantitative estimate of drug-likeness (QED) is 0.316. The molecular weight excluding hydrogens is 434 g/mol. The molecule has 2 heterocycles. The second-order valence-corrected chi connectivity index (χ2v) is 8.47. The van der Waals surface area contributed by atoms with Gasteiger partial charge < -0.3 is 21.9 Å². The fourth-order valence-corrected chi connectivity index (χ4v) is 4.53. The predicted molar refractivity (Wildman–Crippen MR) is 130 cm³/mol. The number of para-hydroxylation sites is 1. The standard InChI is InChI=1S/C25H25N5O2S/c26-13-16-6-1-2-8-18(16)25-30-22(15-33-25)24(32)29-21(19-9-3-4-10-23(19)31)12-20(27)17-7-5-11-28-14-17/h1-11,14-15,20-21,31H,12-13,26-27H2,(H,29,32). The van der Waals surface area contributed by atoms with Crippen molar-refractivity contribution in [2.75, 3.05) is 0 Å². The number of hydrogen-bond donors (Lipinski definition) is 4. The van der Waals surface area contributed by atoms with Gasteiger partial charge in [-0.15, -0.1) is 11.3 Å². The Kier molecular flexibility index (Phi) is 7.09. The SMILES string of the molecule is NCc1ccccc1-c1nc(C(=O)NC(CC(N)c2cccnc2)c2ccccc2O)cs1. The number of rotatable bonds is 8. The first-order chi connectivity index (χ1) is 16.1. The van der Waals surface area contributed by atoms with Gasteiger partial charge >= 0.3 is 0 Å². The molecule has 4 aromatic rings. The van der Waals surface area contributed by atoms with Gasteiger partial charge in [0.2, 0.25) is 0 Å². The lowest BCUT2D eigenvalue weighted by molar-refractivity contribution is 0.0928. The van der Waals surface area contributed by atoms with Gasteiger partial charge in [-0.25, -0.2) is 4.98 Å². The number of pyridine rings is 1. The minimum absolute atomic E-state index is 0.0945. The smallest absolute Gasteiger partial charge is 0.271 e. The zero-order valence-electron chi connectivity index (χ0n) is 17.9. The van der Waals surface area contributed by atoms with E-state index in [0.29, 0.717) is 24.2 Å². The van der Waals surface area contributed by atoms with Crippen molar-refractivity contribution in [3.8, 4) is 16.3 Å². The van der Waals surface area contributed by atoms with Crippen LogP contribution in [0.1, 0.15) is 45.7 Å². The minimum Gasteiger partial charge on any atom is -0.508 e. The second-order valence-electron chi connectivity index (χ2n) is 7.61. The highest BCUT2D eigenvalue weighted by Crippen LogP contribution is 2.31. The van der Waals surface area contributed by atoms with Crippen LogP contribution >= 0.6 is 11.3 Å². The average molecular weight is 460 g/mol. The molecule has 0 radical (unpaired) electrons. The summed E-state index contributed by atoms with van der Waals surface area (Å²) in [5, 5.41) is 15.9. The third-order valence-corrected chi connectivity index (χ3v) is 6.30. The van der Waals surface area contributed by atoms with Gasteiger partial charge in [0.1, 0.15) is 16.5 Å². The molecule has 0 aliphatic carbocycles. The van der Waals surface area contributed by atoms with E-state index in [1.807, 2.05) is 42.5 Å². The number of phenolic OH excluding ortho intramolecular Hbond substituents is 1. The molecule has 2 aromatic heterocycles. The first-order valence-electron chi connectivity index (χ1n) is 10.5. The number of thiazole rings is 1. The van der Waals surface area contributed by atoms with Crippen LogP contribution < -0.4 is 16.8 Å². The van der Waals surface area contributed by atoms with Gasteiger partial charge in [-0.05, 0) is 29.7 Å². The summed E-state index contributed by atoms with van der Waals surface area (Å²) in [6.45, 7) is 0.388. The van der Waals surface area contributed by atoms with Gasteiger partial charge in [-0.2, -0.15) is 0 Å². The Bertz CT molecular complexity index is 1230. The number of benzene rings is 2. The molecule has 2 unspecified atom stereocenters. The number of nitrogens with zero attached hydrogens (tertiary/aromatic N) is 2. The number of nitrogens with one attached hydrogen (secondary N) is 1. The molecule has 0 fully saturated rings. The summed E-state index contributed by atoms with van der Waals surface area (Å²) >= 11 is 1.39. The molecule has 2 aromatic carbocycles. The van der Waals surface area contributed by atoms with E-state index < -0.39 is 6.04 Å². The van der Waals surface area contributed by atoms with Crippen LogP contribution in [-0.2, 0) is 6.54 Å². The molecule has 4 rings (SSSR count). The lowest BCUT2D eigenvalue weighted by Gasteiger charge is -2.23. The Balaban J connectivity index is 1.58. The summed E-state index contributed by atoms with van der Waals surface area (Å²) in [6.07, 6.45) is 3.76. The van der Waals surface area contributed by atoms with Crippen LogP contribution in [0.25, 0.3) is 10.6 Å². The van der Waals surface area contributed by atoms with Crippen molar-refractivity contribution < 1.29 is 9.90 Å². The molecule has 0 saturated heterocycles. The molecular formula is C25H25N5O2S. The number of carbonyl (C=O) groups excluding carboxylic acids is 1. The zero-order valence-corrected chi connectivity index (χ0v) is 18.7. The first-order valence-corrected chi connectivity index (χ1v) is 11.4. The minimum atomic E-state index is -0.518. The van der Waals surface area contributed by atoms with E-state index in [1.54, 1.807) is 36.0 Å². The van der Waals surface area contributed by atoms with Crippen molar-refractivity contribution in [3.05, 3.63) is 101 Å². The highest BCUT2D eigenvalue weighted by molar-refractivity contribution is 7.13. The van der Waals surface area contributed by atoms with Crippen LogP contribution in [0.3, 0.4) is 0 Å². The van der Waals surface area contributed by atoms with E-state index in [4.69, 9.17) is 11.5 Å². The number of phenols is 1. The lowest BCUT2D eigenvalue weighted by atomic mass is 9.95. The van der Waals surface area contributed by atoms with Crippen molar-refractivity contribution in [3.63, 3.8) is 0 Å². The van der Waals surface area contributed by atoms with Gasteiger partial charge in [0, 0.05) is 41.5 Å². The Morgan fingerprint density at radius 1 is 1.09 bits per heavy atom. The largest absolute Gasteiger partial charge is 0.508 e. The molecule has 7 nitrogen and oxygen atoms in total. The van der Waals surface area contributed by atoms with Gasteiger partial charge in [0.25, 0.3) is 5.91 Å². The molecule has 0 saturated carbocycles. The zero-order chi connectivity index (χ0) is 23.2. The first kappa shape index (κ1) is 22.6. The van der Waals surface area contributed by atoms with Crippen LogP contribution in [0.4, 0.5) is 0 Å². The molecule has 0 spiro atoms. The van der Waals surface area contributed by atoms with Crippen molar-refractivity contribution in [2.24, 2.45) is 11.5 Å². The van der Waals surface area contributed by atoms with E-state index in [0.717, 1.165) is 21.7 Å². The number of aromatic nitrogens is 2. The monoisotopic (exact) mass is 459 g/mol. The molecule has 0 aliphatic heterocycles. The van der Waals surface area contributed by atoms with Gasteiger partial charge in [0.05, 0.1) is 6.04 Å².